The van der Waals surface area contributed by atoms with Crippen LogP contribution in [0.4, 0.5) is 34.1 Å². The van der Waals surface area contributed by atoms with E-state index in [0.717, 1.165) is 45.3 Å². The van der Waals surface area contributed by atoms with E-state index in [4.69, 9.17) is 0 Å². The molecule has 15 rings (SSSR count). The summed E-state index contributed by atoms with van der Waals surface area (Å²) in [6.07, 6.45) is 26.3. The van der Waals surface area contributed by atoms with Crippen LogP contribution in [0.25, 0.3) is 102 Å². The molecule has 446 valence electrons. The lowest BCUT2D eigenvalue weighted by molar-refractivity contribution is 0.602. The molecule has 2 fully saturated rings. The molecule has 13 aromatic rings. The third kappa shape index (κ3) is 12.1. The summed E-state index contributed by atoms with van der Waals surface area (Å²) in [6.45, 7) is 4.27. The summed E-state index contributed by atoms with van der Waals surface area (Å²) < 4.78 is 0. The molecule has 2 heteroatoms. The zero-order valence-corrected chi connectivity index (χ0v) is 52.8. The van der Waals surface area contributed by atoms with Crippen LogP contribution in [-0.4, -0.2) is 0 Å². The highest BCUT2D eigenvalue weighted by Gasteiger charge is 2.24. The molecule has 0 atom stereocenters. The van der Waals surface area contributed by atoms with Gasteiger partial charge in [-0.25, -0.2) is 0 Å². The summed E-state index contributed by atoms with van der Waals surface area (Å²) in [6, 6.07) is 99.9. The van der Waals surface area contributed by atoms with Crippen molar-refractivity contribution in [2.24, 2.45) is 0 Å². The minimum atomic E-state index is 1.11. The molecule has 0 aromatic heterocycles. The van der Waals surface area contributed by atoms with Crippen molar-refractivity contribution in [3.05, 3.63) is 323 Å². The van der Waals surface area contributed by atoms with Crippen molar-refractivity contribution in [1.29, 1.82) is 0 Å². The Kier molecular flexibility index (Phi) is 16.4. The average molecular weight is 1190 g/mol. The number of fused-ring (bicyclic) bond motifs is 4. The van der Waals surface area contributed by atoms with Gasteiger partial charge in [-0.15, -0.1) is 0 Å². The minimum Gasteiger partial charge on any atom is -0.310 e. The molecule has 2 saturated carbocycles. The maximum Gasteiger partial charge on any atom is 0.0540 e. The third-order valence-electron chi connectivity index (χ3n) is 19.2. The lowest BCUT2D eigenvalue weighted by Crippen LogP contribution is -2.11. The van der Waals surface area contributed by atoms with Gasteiger partial charge < -0.3 is 9.80 Å². The molecule has 0 aliphatic heterocycles. The zero-order chi connectivity index (χ0) is 61.7. The standard InChI is InChI=1S/C90H76N2/c1-63-29-33-65(34-30-63)37-39-67-41-49-73(50-42-67)91(75-53-45-71(46-54-75)61-69-17-5-3-6-18-69)87-59-57-85(77-21-9-11-23-79(77)87)89-81-25-13-15-27-83(81)90(84-28-16-14-26-82(84)89)86-58-60-88(80-24-12-10-22-78(80)86)92(76-55-47-72(48-56-76)62-70-19-7-4-8-20-70)74-51-43-68(44-52-74)40-38-66-35-31-64(2)32-36-66/h9-16,21-62H,3-8,17-20H2,1-2H3. The monoisotopic (exact) mass is 1180 g/mol. The molecule has 92 heavy (non-hydrogen) atoms. The van der Waals surface area contributed by atoms with E-state index >= 15 is 0 Å². The fourth-order valence-electron chi connectivity index (χ4n) is 14.4. The molecule has 2 aliphatic carbocycles. The van der Waals surface area contributed by atoms with Crippen LogP contribution in [0.3, 0.4) is 0 Å². The normalized spacial score (nSPS) is 13.6. The minimum absolute atomic E-state index is 1.11. The first-order chi connectivity index (χ1) is 45.4. The predicted octanol–water partition coefficient (Wildman–Crippen LogP) is 26.2. The Morgan fingerprint density at radius 2 is 0.500 bits per heavy atom. The van der Waals surface area contributed by atoms with Crippen molar-refractivity contribution in [3.63, 3.8) is 0 Å². The van der Waals surface area contributed by atoms with E-state index < -0.39 is 0 Å². The maximum absolute atomic E-state index is 2.46. The van der Waals surface area contributed by atoms with E-state index in [1.165, 1.54) is 163 Å². The molecule has 0 heterocycles. The van der Waals surface area contributed by atoms with Gasteiger partial charge in [0.05, 0.1) is 11.4 Å². The molecule has 0 spiro atoms. The Hall–Kier alpha value is -10.5. The number of nitrogens with zero attached hydrogens (tertiary/aromatic N) is 2. The summed E-state index contributed by atoms with van der Waals surface area (Å²) in [4.78, 5) is 4.91. The van der Waals surface area contributed by atoms with Crippen molar-refractivity contribution < 1.29 is 0 Å². The summed E-state index contributed by atoms with van der Waals surface area (Å²) in [7, 11) is 0. The van der Waals surface area contributed by atoms with Gasteiger partial charge in [0.2, 0.25) is 0 Å². The topological polar surface area (TPSA) is 6.48 Å². The number of hydrogen-bond acceptors (Lipinski definition) is 2. The van der Waals surface area contributed by atoms with Crippen molar-refractivity contribution in [1.82, 2.24) is 0 Å². The van der Waals surface area contributed by atoms with Gasteiger partial charge in [-0.05, 0) is 214 Å². The second-order valence-corrected chi connectivity index (χ2v) is 25.4. The second kappa shape index (κ2) is 26.1. The Morgan fingerprint density at radius 3 is 0.804 bits per heavy atom. The third-order valence-corrected chi connectivity index (χ3v) is 19.2. The molecular weight excluding hydrogens is 1110 g/mol. The SMILES string of the molecule is Cc1ccc(C=Cc2ccc(N(c3ccc(C=C4CCCCC4)cc3)c3ccc(-c4c5ccccc5c(-c5ccc(N(c6ccc(C=Cc7ccc(C)cc7)cc6)c6ccc(C=C7CCCCC7)cc6)c6ccccc56)c5ccccc45)c4ccccc34)cc2)cc1. The molecule has 0 bridgehead atoms. The van der Waals surface area contributed by atoms with Crippen molar-refractivity contribution in [2.75, 3.05) is 9.80 Å². The van der Waals surface area contributed by atoms with Crippen molar-refractivity contribution in [3.8, 4) is 22.3 Å². The van der Waals surface area contributed by atoms with Crippen LogP contribution in [0.15, 0.2) is 278 Å². The predicted molar refractivity (Wildman–Crippen MR) is 399 cm³/mol. The van der Waals surface area contributed by atoms with E-state index in [0.29, 0.717) is 0 Å². The summed E-state index contributed by atoms with van der Waals surface area (Å²) in [5.41, 5.74) is 24.5. The fraction of sp³-hybridized carbons (Fsp3) is 0.133. The van der Waals surface area contributed by atoms with Crippen molar-refractivity contribution >= 4 is 114 Å². The Morgan fingerprint density at radius 1 is 0.239 bits per heavy atom. The van der Waals surface area contributed by atoms with Crippen LogP contribution in [0, 0.1) is 13.8 Å². The smallest absolute Gasteiger partial charge is 0.0540 e. The van der Waals surface area contributed by atoms with Gasteiger partial charge in [0.15, 0.2) is 0 Å². The lowest BCUT2D eigenvalue weighted by Gasteiger charge is -2.28. The first kappa shape index (κ1) is 57.9. The fourth-order valence-corrected chi connectivity index (χ4v) is 14.4. The molecule has 0 amide bonds. The summed E-state index contributed by atoms with van der Waals surface area (Å²) in [5.74, 6) is 0. The Labute approximate surface area is 543 Å². The maximum atomic E-state index is 2.46. The van der Waals surface area contributed by atoms with Crippen molar-refractivity contribution in [2.45, 2.75) is 78.1 Å². The van der Waals surface area contributed by atoms with Gasteiger partial charge in [0.1, 0.15) is 0 Å². The van der Waals surface area contributed by atoms with Crippen LogP contribution in [0.2, 0.25) is 0 Å². The molecule has 2 nitrogen and oxygen atoms in total. The van der Waals surface area contributed by atoms with Gasteiger partial charge >= 0.3 is 0 Å². The van der Waals surface area contributed by atoms with Crippen LogP contribution in [0.1, 0.15) is 109 Å². The highest BCUT2D eigenvalue weighted by atomic mass is 15.1. The Bertz CT molecular complexity index is 4560. The van der Waals surface area contributed by atoms with Gasteiger partial charge in [-0.3, -0.25) is 0 Å². The number of anilines is 6. The lowest BCUT2D eigenvalue weighted by atomic mass is 9.83. The largest absolute Gasteiger partial charge is 0.310 e. The van der Waals surface area contributed by atoms with Gasteiger partial charge in [-0.2, -0.15) is 0 Å². The number of benzene rings is 13. The number of hydrogen-bond donors (Lipinski definition) is 0. The quantitative estimate of drug-likeness (QED) is 0.0791. The molecule has 0 N–H and O–H groups in total. The zero-order valence-electron chi connectivity index (χ0n) is 52.8. The molecule has 0 saturated heterocycles. The summed E-state index contributed by atoms with van der Waals surface area (Å²) >= 11 is 0. The number of rotatable bonds is 14. The molecule has 0 radical (unpaired) electrons. The van der Waals surface area contributed by atoms with Crippen LogP contribution in [0.5, 0.6) is 0 Å². The second-order valence-electron chi connectivity index (χ2n) is 25.4. The van der Waals surface area contributed by atoms with Gasteiger partial charge in [0, 0.05) is 33.5 Å². The highest BCUT2D eigenvalue weighted by molar-refractivity contribution is 6.26. The molecule has 2 aliphatic rings. The van der Waals surface area contributed by atoms with Gasteiger partial charge in [-0.1, -0.05) is 278 Å². The van der Waals surface area contributed by atoms with E-state index in [-0.39, 0.29) is 0 Å². The van der Waals surface area contributed by atoms with E-state index in [9.17, 15) is 0 Å². The van der Waals surface area contributed by atoms with Crippen LogP contribution < -0.4 is 9.80 Å². The average Bonchev–Trinajstić information content (AvgIpc) is 0.725. The number of allylic oxidation sites excluding steroid dienone is 2. The van der Waals surface area contributed by atoms with E-state index in [1.807, 2.05) is 0 Å². The van der Waals surface area contributed by atoms with E-state index in [1.54, 1.807) is 11.1 Å². The van der Waals surface area contributed by atoms with Gasteiger partial charge in [0.25, 0.3) is 0 Å². The molecular formula is C90H76N2. The van der Waals surface area contributed by atoms with E-state index in [2.05, 4.69) is 327 Å². The Balaban J connectivity index is 0.848. The van der Waals surface area contributed by atoms with Crippen LogP contribution in [-0.2, 0) is 0 Å². The molecule has 13 aromatic carbocycles. The number of aryl methyl sites for hydroxylation is 2. The first-order valence-electron chi connectivity index (χ1n) is 33.3. The van der Waals surface area contributed by atoms with Crippen LogP contribution >= 0.6 is 0 Å². The molecule has 0 unspecified atom stereocenters. The summed E-state index contributed by atoms with van der Waals surface area (Å²) in [5, 5.41) is 9.69. The highest BCUT2D eigenvalue weighted by Crippen LogP contribution is 2.51. The first-order valence-corrected chi connectivity index (χ1v) is 33.3.